The second kappa shape index (κ2) is 6.64. The van der Waals surface area contributed by atoms with E-state index in [9.17, 15) is 9.59 Å². The fourth-order valence-electron chi connectivity index (χ4n) is 2.53. The maximum absolute atomic E-state index is 12.4. The molecule has 0 spiro atoms. The van der Waals surface area contributed by atoms with Gasteiger partial charge in [0.2, 0.25) is 11.8 Å². The van der Waals surface area contributed by atoms with Crippen molar-refractivity contribution < 1.29 is 14.0 Å². The van der Waals surface area contributed by atoms with Crippen LogP contribution in [0.5, 0.6) is 0 Å². The van der Waals surface area contributed by atoms with Crippen molar-refractivity contribution >= 4 is 40.7 Å². The lowest BCUT2D eigenvalue weighted by molar-refractivity contribution is -0.128. The van der Waals surface area contributed by atoms with Crippen molar-refractivity contribution in [3.8, 4) is 0 Å². The summed E-state index contributed by atoms with van der Waals surface area (Å²) in [4.78, 5) is 26.0. The van der Waals surface area contributed by atoms with Gasteiger partial charge >= 0.3 is 0 Å². The lowest BCUT2D eigenvalue weighted by Crippen LogP contribution is -2.28. The molecular weight excluding hydrogens is 339 g/mol. The molecule has 23 heavy (non-hydrogen) atoms. The summed E-state index contributed by atoms with van der Waals surface area (Å²) in [6.07, 6.45) is 1.72. The third-order valence-corrected chi connectivity index (χ3v) is 4.35. The molecule has 0 bridgehead atoms. The molecule has 1 unspecified atom stereocenters. The molecule has 1 atom stereocenters. The van der Waals surface area contributed by atoms with E-state index in [4.69, 9.17) is 27.6 Å². The summed E-state index contributed by atoms with van der Waals surface area (Å²) in [5.41, 5.74) is 0.373. The van der Waals surface area contributed by atoms with Crippen LogP contribution >= 0.6 is 23.2 Å². The zero-order valence-corrected chi connectivity index (χ0v) is 13.6. The normalized spacial score (nSPS) is 17.6. The molecule has 1 aliphatic rings. The second-order valence-corrected chi connectivity index (χ2v) is 6.15. The van der Waals surface area contributed by atoms with Gasteiger partial charge in [-0.25, -0.2) is 0 Å². The molecule has 1 fully saturated rings. The highest BCUT2D eigenvalue weighted by atomic mass is 35.5. The molecular formula is C16H14Cl2N2O3. The fraction of sp³-hybridized carbons (Fsp3) is 0.250. The van der Waals surface area contributed by atoms with Crippen LogP contribution in [-0.4, -0.2) is 23.3 Å². The fourth-order valence-corrected chi connectivity index (χ4v) is 3.03. The minimum Gasteiger partial charge on any atom is -0.467 e. The summed E-state index contributed by atoms with van der Waals surface area (Å²) < 4.78 is 5.24. The molecule has 1 aromatic carbocycles. The van der Waals surface area contributed by atoms with Gasteiger partial charge in [-0.05, 0) is 24.3 Å². The first kappa shape index (κ1) is 15.9. The van der Waals surface area contributed by atoms with Crippen molar-refractivity contribution in [3.63, 3.8) is 0 Å². The molecule has 3 rings (SSSR count). The van der Waals surface area contributed by atoms with E-state index in [2.05, 4.69) is 5.32 Å². The number of carbonyl (C=O) groups is 2. The van der Waals surface area contributed by atoms with Gasteiger partial charge in [-0.15, -0.1) is 0 Å². The van der Waals surface area contributed by atoms with E-state index in [0.717, 1.165) is 0 Å². The minimum absolute atomic E-state index is 0.0770. The average Bonchev–Trinajstić information content (AvgIpc) is 3.14. The molecule has 5 nitrogen and oxygen atoms in total. The lowest BCUT2D eigenvalue weighted by atomic mass is 10.1. The Kier molecular flexibility index (Phi) is 4.59. The Labute approximate surface area is 143 Å². The number of nitrogens with one attached hydrogen (secondary N) is 1. The van der Waals surface area contributed by atoms with E-state index in [-0.39, 0.29) is 18.2 Å². The van der Waals surface area contributed by atoms with E-state index < -0.39 is 5.92 Å². The van der Waals surface area contributed by atoms with Crippen molar-refractivity contribution in [2.75, 3.05) is 11.9 Å². The molecule has 1 aliphatic heterocycles. The predicted molar refractivity (Wildman–Crippen MR) is 87.3 cm³/mol. The summed E-state index contributed by atoms with van der Waals surface area (Å²) in [6, 6.07) is 8.55. The zero-order chi connectivity index (χ0) is 16.4. The van der Waals surface area contributed by atoms with Gasteiger partial charge in [-0.2, -0.15) is 0 Å². The largest absolute Gasteiger partial charge is 0.467 e. The van der Waals surface area contributed by atoms with Crippen LogP contribution in [0.4, 0.5) is 5.69 Å². The van der Waals surface area contributed by atoms with E-state index in [0.29, 0.717) is 34.6 Å². The van der Waals surface area contributed by atoms with Crippen molar-refractivity contribution in [2.45, 2.75) is 13.0 Å². The number of benzene rings is 1. The summed E-state index contributed by atoms with van der Waals surface area (Å²) >= 11 is 12.1. The van der Waals surface area contributed by atoms with E-state index in [1.54, 1.807) is 41.5 Å². The van der Waals surface area contributed by atoms with E-state index in [1.807, 2.05) is 0 Å². The first-order valence-corrected chi connectivity index (χ1v) is 7.85. The number of rotatable bonds is 4. The number of hydrogen-bond donors (Lipinski definition) is 1. The number of anilines is 1. The van der Waals surface area contributed by atoms with Gasteiger partial charge in [0.25, 0.3) is 0 Å². The van der Waals surface area contributed by atoms with Crippen molar-refractivity contribution in [1.29, 1.82) is 0 Å². The summed E-state index contributed by atoms with van der Waals surface area (Å²) in [7, 11) is 0. The smallest absolute Gasteiger partial charge is 0.229 e. The SMILES string of the molecule is O=C(Nc1c(Cl)cccc1Cl)C1CC(=O)N(Cc2ccco2)C1. The highest BCUT2D eigenvalue weighted by Gasteiger charge is 2.35. The molecule has 1 N–H and O–H groups in total. The van der Waals surface area contributed by atoms with Crippen molar-refractivity contribution in [2.24, 2.45) is 5.92 Å². The van der Waals surface area contributed by atoms with Gasteiger partial charge in [0.05, 0.1) is 34.5 Å². The van der Waals surface area contributed by atoms with Gasteiger partial charge < -0.3 is 14.6 Å². The molecule has 2 amide bonds. The van der Waals surface area contributed by atoms with Gasteiger partial charge in [0.15, 0.2) is 0 Å². The van der Waals surface area contributed by atoms with Crippen LogP contribution in [0.3, 0.4) is 0 Å². The minimum atomic E-state index is -0.440. The molecule has 1 aromatic heterocycles. The Morgan fingerprint density at radius 2 is 2.00 bits per heavy atom. The number of amides is 2. The molecule has 1 saturated heterocycles. The third-order valence-electron chi connectivity index (χ3n) is 3.72. The van der Waals surface area contributed by atoms with E-state index >= 15 is 0 Å². The zero-order valence-electron chi connectivity index (χ0n) is 12.1. The quantitative estimate of drug-likeness (QED) is 0.914. The molecule has 7 heteroatoms. The Bertz CT molecular complexity index is 711. The van der Waals surface area contributed by atoms with Gasteiger partial charge in [-0.3, -0.25) is 9.59 Å². The molecule has 2 heterocycles. The van der Waals surface area contributed by atoms with Crippen LogP contribution in [0.2, 0.25) is 10.0 Å². The first-order valence-electron chi connectivity index (χ1n) is 7.09. The summed E-state index contributed by atoms with van der Waals surface area (Å²) in [5, 5.41) is 3.44. The summed E-state index contributed by atoms with van der Waals surface area (Å²) in [6.45, 7) is 0.704. The third kappa shape index (κ3) is 3.51. The number of likely N-dealkylation sites (tertiary alicyclic amines) is 1. The topological polar surface area (TPSA) is 62.6 Å². The Balaban J connectivity index is 1.66. The van der Waals surface area contributed by atoms with Crippen molar-refractivity contribution in [3.05, 3.63) is 52.4 Å². The van der Waals surface area contributed by atoms with Crippen LogP contribution in [0.15, 0.2) is 41.0 Å². The van der Waals surface area contributed by atoms with E-state index in [1.165, 1.54) is 0 Å². The van der Waals surface area contributed by atoms with Crippen LogP contribution < -0.4 is 5.32 Å². The number of nitrogens with zero attached hydrogens (tertiary/aromatic N) is 1. The van der Waals surface area contributed by atoms with Crippen molar-refractivity contribution in [1.82, 2.24) is 4.90 Å². The van der Waals surface area contributed by atoms with Gasteiger partial charge in [-0.1, -0.05) is 29.3 Å². The maximum Gasteiger partial charge on any atom is 0.229 e. The molecule has 0 aliphatic carbocycles. The Hall–Kier alpha value is -1.98. The lowest BCUT2D eigenvalue weighted by Gasteiger charge is -2.15. The maximum atomic E-state index is 12.4. The first-order chi connectivity index (χ1) is 11.0. The standard InChI is InChI=1S/C16H14Cl2N2O3/c17-12-4-1-5-13(18)15(12)19-16(22)10-7-14(21)20(8-10)9-11-3-2-6-23-11/h1-6,10H,7-9H2,(H,19,22). The number of hydrogen-bond acceptors (Lipinski definition) is 3. The monoisotopic (exact) mass is 352 g/mol. The molecule has 0 saturated carbocycles. The number of furan rings is 1. The van der Waals surface area contributed by atoms with Gasteiger partial charge in [0.1, 0.15) is 5.76 Å². The van der Waals surface area contributed by atoms with Crippen LogP contribution in [0.25, 0.3) is 0 Å². The molecule has 0 radical (unpaired) electrons. The highest BCUT2D eigenvalue weighted by Crippen LogP contribution is 2.31. The Morgan fingerprint density at radius 1 is 1.26 bits per heavy atom. The van der Waals surface area contributed by atoms with Crippen LogP contribution in [0.1, 0.15) is 12.2 Å². The number of para-hydroxylation sites is 1. The molecule has 120 valence electrons. The Morgan fingerprint density at radius 3 is 2.65 bits per heavy atom. The van der Waals surface area contributed by atoms with Gasteiger partial charge in [0, 0.05) is 13.0 Å². The van der Waals surface area contributed by atoms with Crippen LogP contribution in [-0.2, 0) is 16.1 Å². The summed E-state index contributed by atoms with van der Waals surface area (Å²) in [5.74, 6) is -0.0968. The average molecular weight is 353 g/mol. The molecule has 2 aromatic rings. The number of halogens is 2. The van der Waals surface area contributed by atoms with Crippen LogP contribution in [0, 0.1) is 5.92 Å². The second-order valence-electron chi connectivity index (χ2n) is 5.34. The predicted octanol–water partition coefficient (Wildman–Crippen LogP) is 3.57. The number of carbonyl (C=O) groups excluding carboxylic acids is 2. The highest BCUT2D eigenvalue weighted by molar-refractivity contribution is 6.39.